The van der Waals surface area contributed by atoms with Gasteiger partial charge in [-0.25, -0.2) is 4.79 Å². The van der Waals surface area contributed by atoms with Gasteiger partial charge < -0.3 is 24.6 Å². The van der Waals surface area contributed by atoms with Gasteiger partial charge in [0.15, 0.2) is 11.5 Å². The van der Waals surface area contributed by atoms with Crippen molar-refractivity contribution in [2.45, 2.75) is 0 Å². The summed E-state index contributed by atoms with van der Waals surface area (Å²) >= 11 is 0. The SMILES string of the molecule is COc1cc(NC(=O)C(=O)O)cc(OC)c1OC. The average molecular weight is 255 g/mol. The number of methoxy groups -OCH3 is 3. The highest BCUT2D eigenvalue weighted by Crippen LogP contribution is 2.39. The van der Waals surface area contributed by atoms with Crippen LogP contribution in [-0.4, -0.2) is 38.3 Å². The number of anilines is 1. The minimum atomic E-state index is -1.58. The van der Waals surface area contributed by atoms with Gasteiger partial charge in [0.1, 0.15) is 0 Å². The number of carbonyl (C=O) groups excluding carboxylic acids is 1. The van der Waals surface area contributed by atoms with Crippen LogP contribution in [0.1, 0.15) is 0 Å². The zero-order valence-corrected chi connectivity index (χ0v) is 10.1. The standard InChI is InChI=1S/C11H13NO6/c1-16-7-4-6(12-10(13)11(14)15)5-8(17-2)9(7)18-3/h4-5H,1-3H3,(H,12,13)(H,14,15). The summed E-state index contributed by atoms with van der Waals surface area (Å²) in [4.78, 5) is 21.5. The fourth-order valence-electron chi connectivity index (χ4n) is 1.34. The van der Waals surface area contributed by atoms with Crippen LogP contribution in [0, 0.1) is 0 Å². The second kappa shape index (κ2) is 5.76. The summed E-state index contributed by atoms with van der Waals surface area (Å²) in [6, 6.07) is 2.87. The van der Waals surface area contributed by atoms with Crippen LogP contribution >= 0.6 is 0 Å². The maximum absolute atomic E-state index is 11.0. The second-order valence-corrected chi connectivity index (χ2v) is 3.17. The Bertz CT molecular complexity index is 446. The van der Waals surface area contributed by atoms with Crippen molar-refractivity contribution < 1.29 is 28.9 Å². The van der Waals surface area contributed by atoms with Crippen molar-refractivity contribution in [2.75, 3.05) is 26.6 Å². The van der Waals surface area contributed by atoms with Gasteiger partial charge in [0.05, 0.1) is 21.3 Å². The molecule has 2 N–H and O–H groups in total. The molecule has 0 aromatic heterocycles. The van der Waals surface area contributed by atoms with Crippen molar-refractivity contribution in [3.8, 4) is 17.2 Å². The molecule has 0 unspecified atom stereocenters. The molecule has 0 fully saturated rings. The van der Waals surface area contributed by atoms with Gasteiger partial charge in [-0.1, -0.05) is 0 Å². The number of rotatable bonds is 4. The average Bonchev–Trinajstić information content (AvgIpc) is 2.37. The predicted octanol–water partition coefficient (Wildman–Crippen LogP) is 0.736. The van der Waals surface area contributed by atoms with Gasteiger partial charge in [-0.3, -0.25) is 4.79 Å². The Balaban J connectivity index is 3.15. The van der Waals surface area contributed by atoms with E-state index >= 15 is 0 Å². The number of amides is 1. The third-order valence-corrected chi connectivity index (χ3v) is 2.12. The number of ether oxygens (including phenoxy) is 3. The lowest BCUT2D eigenvalue weighted by atomic mass is 10.2. The van der Waals surface area contributed by atoms with Crippen molar-refractivity contribution in [1.29, 1.82) is 0 Å². The number of carbonyl (C=O) groups is 2. The predicted molar refractivity (Wildman–Crippen MR) is 62.4 cm³/mol. The fraction of sp³-hybridized carbons (Fsp3) is 0.273. The van der Waals surface area contributed by atoms with Crippen LogP contribution in [-0.2, 0) is 9.59 Å². The van der Waals surface area contributed by atoms with Gasteiger partial charge in [0.2, 0.25) is 5.75 Å². The van der Waals surface area contributed by atoms with E-state index in [2.05, 4.69) is 5.32 Å². The zero-order chi connectivity index (χ0) is 13.7. The van der Waals surface area contributed by atoms with Crippen LogP contribution < -0.4 is 19.5 Å². The first kappa shape index (κ1) is 13.6. The van der Waals surface area contributed by atoms with E-state index in [0.29, 0.717) is 17.2 Å². The largest absolute Gasteiger partial charge is 0.493 e. The highest BCUT2D eigenvalue weighted by Gasteiger charge is 2.16. The van der Waals surface area contributed by atoms with Crippen molar-refractivity contribution in [3.05, 3.63) is 12.1 Å². The number of carboxylic acid groups (broad SMARTS) is 1. The number of nitrogens with one attached hydrogen (secondary N) is 1. The highest BCUT2D eigenvalue weighted by molar-refractivity contribution is 6.36. The van der Waals surface area contributed by atoms with Crippen molar-refractivity contribution in [2.24, 2.45) is 0 Å². The lowest BCUT2D eigenvalue weighted by molar-refractivity contribution is -0.147. The minimum absolute atomic E-state index is 0.233. The van der Waals surface area contributed by atoms with Gasteiger partial charge in [-0.15, -0.1) is 0 Å². The van der Waals surface area contributed by atoms with E-state index in [1.165, 1.54) is 33.5 Å². The Kier molecular flexibility index (Phi) is 4.36. The van der Waals surface area contributed by atoms with E-state index in [1.807, 2.05) is 0 Å². The van der Waals surface area contributed by atoms with E-state index in [0.717, 1.165) is 0 Å². The van der Waals surface area contributed by atoms with Gasteiger partial charge in [0, 0.05) is 17.8 Å². The number of benzene rings is 1. The minimum Gasteiger partial charge on any atom is -0.493 e. The molecule has 1 rings (SSSR count). The Morgan fingerprint density at radius 1 is 1.06 bits per heavy atom. The van der Waals surface area contributed by atoms with Crippen LogP contribution in [0.2, 0.25) is 0 Å². The molecule has 0 aliphatic heterocycles. The van der Waals surface area contributed by atoms with E-state index in [4.69, 9.17) is 19.3 Å². The summed E-state index contributed by atoms with van der Waals surface area (Å²) in [5.74, 6) is -1.74. The van der Waals surface area contributed by atoms with Crippen molar-refractivity contribution in [1.82, 2.24) is 0 Å². The van der Waals surface area contributed by atoms with Crippen LogP contribution in [0.15, 0.2) is 12.1 Å². The molecule has 0 aliphatic rings. The molecule has 98 valence electrons. The van der Waals surface area contributed by atoms with Crippen LogP contribution in [0.3, 0.4) is 0 Å². The maximum Gasteiger partial charge on any atom is 0.394 e. The molecule has 0 radical (unpaired) electrons. The number of aliphatic carboxylic acids is 1. The molecule has 18 heavy (non-hydrogen) atoms. The Labute approximate surface area is 103 Å². The lowest BCUT2D eigenvalue weighted by Gasteiger charge is -2.14. The Morgan fingerprint density at radius 3 is 1.89 bits per heavy atom. The molecule has 0 saturated carbocycles. The molecular formula is C11H13NO6. The molecular weight excluding hydrogens is 242 g/mol. The third kappa shape index (κ3) is 2.82. The fourth-order valence-corrected chi connectivity index (χ4v) is 1.34. The molecule has 0 atom stereocenters. The summed E-state index contributed by atoms with van der Waals surface area (Å²) in [7, 11) is 4.27. The van der Waals surface area contributed by atoms with Crippen molar-refractivity contribution >= 4 is 17.6 Å². The van der Waals surface area contributed by atoms with Gasteiger partial charge in [-0.2, -0.15) is 0 Å². The first-order valence-electron chi connectivity index (χ1n) is 4.87. The molecule has 1 aromatic rings. The normalized spacial score (nSPS) is 9.50. The van der Waals surface area contributed by atoms with Crippen molar-refractivity contribution in [3.63, 3.8) is 0 Å². The lowest BCUT2D eigenvalue weighted by Crippen LogP contribution is -2.21. The monoisotopic (exact) mass is 255 g/mol. The summed E-state index contributed by atoms with van der Waals surface area (Å²) in [6.07, 6.45) is 0. The first-order valence-corrected chi connectivity index (χ1v) is 4.87. The molecule has 0 spiro atoms. The van der Waals surface area contributed by atoms with E-state index < -0.39 is 11.9 Å². The Hall–Kier alpha value is -2.44. The maximum atomic E-state index is 11.0. The highest BCUT2D eigenvalue weighted by atomic mass is 16.5. The summed E-state index contributed by atoms with van der Waals surface area (Å²) in [5.41, 5.74) is 0.233. The third-order valence-electron chi connectivity index (χ3n) is 2.12. The number of carboxylic acids is 1. The summed E-state index contributed by atoms with van der Waals surface area (Å²) in [6.45, 7) is 0. The molecule has 0 bridgehead atoms. The molecule has 0 saturated heterocycles. The number of hydrogen-bond acceptors (Lipinski definition) is 5. The van der Waals surface area contributed by atoms with Crippen LogP contribution in [0.25, 0.3) is 0 Å². The molecule has 0 heterocycles. The van der Waals surface area contributed by atoms with Crippen LogP contribution in [0.4, 0.5) is 5.69 Å². The molecule has 7 nitrogen and oxygen atoms in total. The van der Waals surface area contributed by atoms with E-state index in [9.17, 15) is 9.59 Å². The molecule has 7 heteroatoms. The molecule has 1 aromatic carbocycles. The smallest absolute Gasteiger partial charge is 0.394 e. The van der Waals surface area contributed by atoms with Gasteiger partial charge in [-0.05, 0) is 0 Å². The summed E-state index contributed by atoms with van der Waals surface area (Å²) in [5, 5.41) is 10.7. The van der Waals surface area contributed by atoms with E-state index in [1.54, 1.807) is 0 Å². The van der Waals surface area contributed by atoms with Crippen LogP contribution in [0.5, 0.6) is 17.2 Å². The first-order chi connectivity index (χ1) is 8.53. The zero-order valence-electron chi connectivity index (χ0n) is 10.1. The Morgan fingerprint density at radius 2 is 1.56 bits per heavy atom. The second-order valence-electron chi connectivity index (χ2n) is 3.17. The van der Waals surface area contributed by atoms with Gasteiger partial charge >= 0.3 is 11.9 Å². The molecule has 1 amide bonds. The topological polar surface area (TPSA) is 94.1 Å². The molecule has 0 aliphatic carbocycles. The number of hydrogen-bond donors (Lipinski definition) is 2. The summed E-state index contributed by atoms with van der Waals surface area (Å²) < 4.78 is 15.2. The van der Waals surface area contributed by atoms with Gasteiger partial charge in [0.25, 0.3) is 0 Å². The quantitative estimate of drug-likeness (QED) is 0.770. The van der Waals surface area contributed by atoms with E-state index in [-0.39, 0.29) is 5.69 Å².